The molecule has 0 fully saturated rings. The molecule has 1 heterocycles. The van der Waals surface area contributed by atoms with Crippen molar-refractivity contribution in [1.82, 2.24) is 15.3 Å². The lowest BCUT2D eigenvalue weighted by Crippen LogP contribution is -2.17. The molecule has 0 aliphatic heterocycles. The number of hydrogen-bond acceptors (Lipinski definition) is 4. The normalized spacial score (nSPS) is 11.0. The smallest absolute Gasteiger partial charge is 0.224 e. The Hall–Kier alpha value is -1.81. The summed E-state index contributed by atoms with van der Waals surface area (Å²) in [5.41, 5.74) is 0.849. The van der Waals surface area contributed by atoms with Crippen LogP contribution in [0.25, 0.3) is 10.9 Å². The van der Waals surface area contributed by atoms with E-state index in [2.05, 4.69) is 20.6 Å². The maximum Gasteiger partial charge on any atom is 0.224 e. The van der Waals surface area contributed by atoms with E-state index in [1.54, 1.807) is 0 Å². The molecule has 1 aromatic carbocycles. The van der Waals surface area contributed by atoms with Crippen LogP contribution in [0.2, 0.25) is 5.28 Å². The first-order chi connectivity index (χ1) is 8.81. The van der Waals surface area contributed by atoms with Crippen LogP contribution in [0.1, 0.15) is 6.92 Å². The standard InChI is InChI=1S/C13H15ClN4/c1-2-7-15-8-9-16-12-10-5-3-4-6-11(10)17-13(14)18-12/h2-7,15H,8-9H2,1H3,(H,16,17,18)/b7-2+. The number of rotatable bonds is 5. The van der Waals surface area contributed by atoms with Crippen molar-refractivity contribution in [2.24, 2.45) is 0 Å². The van der Waals surface area contributed by atoms with Crippen LogP contribution in [0.4, 0.5) is 5.82 Å². The molecule has 0 atom stereocenters. The van der Waals surface area contributed by atoms with Crippen LogP contribution in [0.3, 0.4) is 0 Å². The molecule has 2 aromatic rings. The largest absolute Gasteiger partial charge is 0.389 e. The number of nitrogens with zero attached hydrogens (tertiary/aromatic N) is 2. The molecule has 1 aromatic heterocycles. The summed E-state index contributed by atoms with van der Waals surface area (Å²) in [5, 5.41) is 7.65. The third-order valence-corrected chi connectivity index (χ3v) is 2.59. The molecule has 0 aliphatic carbocycles. The molecule has 4 nitrogen and oxygen atoms in total. The van der Waals surface area contributed by atoms with E-state index in [1.807, 2.05) is 43.5 Å². The van der Waals surface area contributed by atoms with Gasteiger partial charge in [-0.3, -0.25) is 0 Å². The molecule has 0 saturated carbocycles. The van der Waals surface area contributed by atoms with E-state index < -0.39 is 0 Å². The number of hydrogen-bond donors (Lipinski definition) is 2. The Morgan fingerprint density at radius 2 is 2.06 bits per heavy atom. The lowest BCUT2D eigenvalue weighted by molar-refractivity contribution is 0.865. The Kier molecular flexibility index (Phi) is 4.36. The lowest BCUT2D eigenvalue weighted by Gasteiger charge is -2.08. The van der Waals surface area contributed by atoms with Crippen molar-refractivity contribution in [3.05, 3.63) is 41.8 Å². The van der Waals surface area contributed by atoms with Gasteiger partial charge >= 0.3 is 0 Å². The number of halogens is 1. The van der Waals surface area contributed by atoms with E-state index in [0.29, 0.717) is 0 Å². The van der Waals surface area contributed by atoms with Gasteiger partial charge in [0.05, 0.1) is 5.52 Å². The first kappa shape index (κ1) is 12.6. The third-order valence-electron chi connectivity index (χ3n) is 2.42. The predicted octanol–water partition coefficient (Wildman–Crippen LogP) is 2.82. The summed E-state index contributed by atoms with van der Waals surface area (Å²) in [5.74, 6) is 0.771. The van der Waals surface area contributed by atoms with Crippen LogP contribution < -0.4 is 10.6 Å². The van der Waals surface area contributed by atoms with Crippen molar-refractivity contribution in [2.45, 2.75) is 6.92 Å². The first-order valence-corrected chi connectivity index (χ1v) is 6.20. The summed E-state index contributed by atoms with van der Waals surface area (Å²) in [6.45, 7) is 3.56. The summed E-state index contributed by atoms with van der Waals surface area (Å²) < 4.78 is 0. The van der Waals surface area contributed by atoms with Crippen molar-refractivity contribution < 1.29 is 0 Å². The summed E-state index contributed by atoms with van der Waals surface area (Å²) >= 11 is 5.90. The number of benzene rings is 1. The molecule has 0 bridgehead atoms. The zero-order valence-electron chi connectivity index (χ0n) is 10.2. The number of fused-ring (bicyclic) bond motifs is 1. The highest BCUT2D eigenvalue weighted by Crippen LogP contribution is 2.21. The van der Waals surface area contributed by atoms with Gasteiger partial charge in [-0.15, -0.1) is 0 Å². The number of para-hydroxylation sites is 1. The second kappa shape index (κ2) is 6.21. The van der Waals surface area contributed by atoms with E-state index in [4.69, 9.17) is 11.6 Å². The Labute approximate surface area is 111 Å². The van der Waals surface area contributed by atoms with E-state index >= 15 is 0 Å². The van der Waals surface area contributed by atoms with E-state index in [-0.39, 0.29) is 5.28 Å². The van der Waals surface area contributed by atoms with Gasteiger partial charge in [0.25, 0.3) is 0 Å². The van der Waals surface area contributed by atoms with Gasteiger partial charge in [0.2, 0.25) is 5.28 Å². The van der Waals surface area contributed by atoms with E-state index in [9.17, 15) is 0 Å². The highest BCUT2D eigenvalue weighted by Gasteiger charge is 2.04. The summed E-state index contributed by atoms with van der Waals surface area (Å²) in [7, 11) is 0. The third kappa shape index (κ3) is 3.11. The van der Waals surface area contributed by atoms with Crippen LogP contribution >= 0.6 is 11.6 Å². The zero-order chi connectivity index (χ0) is 12.8. The molecule has 0 spiro atoms. The lowest BCUT2D eigenvalue weighted by atomic mass is 10.2. The summed E-state index contributed by atoms with van der Waals surface area (Å²) in [6.07, 6.45) is 3.86. The molecule has 2 rings (SSSR count). The van der Waals surface area contributed by atoms with Crippen molar-refractivity contribution >= 4 is 28.3 Å². The zero-order valence-corrected chi connectivity index (χ0v) is 10.9. The fraction of sp³-hybridized carbons (Fsp3) is 0.231. The van der Waals surface area contributed by atoms with E-state index in [1.165, 1.54) is 0 Å². The second-order valence-electron chi connectivity index (χ2n) is 3.74. The predicted molar refractivity (Wildman–Crippen MR) is 75.9 cm³/mol. The summed E-state index contributed by atoms with van der Waals surface area (Å²) in [4.78, 5) is 8.40. The van der Waals surface area contributed by atoms with Gasteiger partial charge < -0.3 is 10.6 Å². The van der Waals surface area contributed by atoms with Crippen molar-refractivity contribution in [3.8, 4) is 0 Å². The highest BCUT2D eigenvalue weighted by molar-refractivity contribution is 6.28. The summed E-state index contributed by atoms with van der Waals surface area (Å²) in [6, 6.07) is 7.80. The maximum atomic E-state index is 5.90. The number of anilines is 1. The quantitative estimate of drug-likeness (QED) is 0.643. The van der Waals surface area contributed by atoms with Gasteiger partial charge in [-0.05, 0) is 36.9 Å². The molecule has 0 amide bonds. The second-order valence-corrected chi connectivity index (χ2v) is 4.08. The van der Waals surface area contributed by atoms with Gasteiger partial charge in [0.1, 0.15) is 5.82 Å². The number of nitrogens with one attached hydrogen (secondary N) is 2. The van der Waals surface area contributed by atoms with Crippen molar-refractivity contribution in [2.75, 3.05) is 18.4 Å². The average Bonchev–Trinajstić information content (AvgIpc) is 2.38. The molecule has 0 aliphatic rings. The fourth-order valence-electron chi connectivity index (χ4n) is 1.64. The van der Waals surface area contributed by atoms with Crippen LogP contribution in [0, 0.1) is 0 Å². The Morgan fingerprint density at radius 1 is 1.22 bits per heavy atom. The Morgan fingerprint density at radius 3 is 2.89 bits per heavy atom. The number of aromatic nitrogens is 2. The Balaban J connectivity index is 2.12. The number of allylic oxidation sites excluding steroid dienone is 1. The monoisotopic (exact) mass is 262 g/mol. The minimum Gasteiger partial charge on any atom is -0.389 e. The van der Waals surface area contributed by atoms with Crippen molar-refractivity contribution in [3.63, 3.8) is 0 Å². The molecular weight excluding hydrogens is 248 g/mol. The molecule has 0 radical (unpaired) electrons. The molecular formula is C13H15ClN4. The minimum absolute atomic E-state index is 0.262. The van der Waals surface area contributed by atoms with Gasteiger partial charge in [-0.25, -0.2) is 9.97 Å². The molecule has 0 unspecified atom stereocenters. The fourth-order valence-corrected chi connectivity index (χ4v) is 1.81. The topological polar surface area (TPSA) is 49.8 Å². The van der Waals surface area contributed by atoms with Crippen LogP contribution in [0.5, 0.6) is 0 Å². The van der Waals surface area contributed by atoms with Crippen LogP contribution in [-0.4, -0.2) is 23.1 Å². The minimum atomic E-state index is 0.262. The Bertz CT molecular complexity index is 554. The van der Waals surface area contributed by atoms with Gasteiger partial charge in [-0.2, -0.15) is 0 Å². The molecule has 5 heteroatoms. The molecule has 18 heavy (non-hydrogen) atoms. The van der Waals surface area contributed by atoms with Gasteiger partial charge in [0.15, 0.2) is 0 Å². The average molecular weight is 263 g/mol. The van der Waals surface area contributed by atoms with Crippen LogP contribution in [-0.2, 0) is 0 Å². The van der Waals surface area contributed by atoms with Gasteiger partial charge in [-0.1, -0.05) is 18.2 Å². The van der Waals surface area contributed by atoms with Crippen molar-refractivity contribution in [1.29, 1.82) is 0 Å². The molecule has 2 N–H and O–H groups in total. The molecule has 0 saturated heterocycles. The van der Waals surface area contributed by atoms with Crippen LogP contribution in [0.15, 0.2) is 36.5 Å². The highest BCUT2D eigenvalue weighted by atomic mass is 35.5. The maximum absolute atomic E-state index is 5.90. The first-order valence-electron chi connectivity index (χ1n) is 5.82. The molecule has 94 valence electrons. The SMILES string of the molecule is C/C=C/NCCNc1nc(Cl)nc2ccccc12. The van der Waals surface area contributed by atoms with E-state index in [0.717, 1.165) is 29.8 Å². The van der Waals surface area contributed by atoms with Gasteiger partial charge in [0, 0.05) is 18.5 Å².